The molecule has 1 fully saturated rings. The fourth-order valence-corrected chi connectivity index (χ4v) is 4.77. The first kappa shape index (κ1) is 26.7. The molecule has 3 aliphatic rings. The van der Waals surface area contributed by atoms with E-state index in [1.165, 1.54) is 17.2 Å². The highest BCUT2D eigenvalue weighted by atomic mass is 32.2. The van der Waals surface area contributed by atoms with Crippen LogP contribution in [0, 0.1) is 17.5 Å². The Morgan fingerprint density at radius 2 is 1.87 bits per heavy atom. The molecule has 3 amide bonds. The molecule has 2 aromatic carbocycles. The van der Waals surface area contributed by atoms with Gasteiger partial charge in [-0.25, -0.2) is 23.0 Å². The Balaban J connectivity index is 1.18. The molecule has 2 atom stereocenters. The van der Waals surface area contributed by atoms with E-state index in [9.17, 15) is 31.2 Å². The second-order valence-electron chi connectivity index (χ2n) is 9.21. The molecule has 2 aromatic rings. The number of hydrogen-bond donors (Lipinski definition) is 1. The number of hydrogen-bond acceptors (Lipinski definition) is 8. The maximum Gasteiger partial charge on any atom is 0.341 e. The molecule has 208 valence electrons. The van der Waals surface area contributed by atoms with Crippen molar-refractivity contribution in [3.05, 3.63) is 53.3 Å². The van der Waals surface area contributed by atoms with E-state index in [0.717, 1.165) is 35.5 Å². The summed E-state index contributed by atoms with van der Waals surface area (Å²) in [6.07, 6.45) is 0.964. The van der Waals surface area contributed by atoms with Gasteiger partial charge in [-0.05, 0) is 17.7 Å². The number of nitrogens with zero attached hydrogens (tertiary/aromatic N) is 3. The number of hydrazone groups is 1. The van der Waals surface area contributed by atoms with E-state index >= 15 is 0 Å². The third kappa shape index (κ3) is 5.93. The zero-order valence-electron chi connectivity index (χ0n) is 20.5. The predicted octanol–water partition coefficient (Wildman–Crippen LogP) is 2.79. The van der Waals surface area contributed by atoms with Gasteiger partial charge in [0.1, 0.15) is 23.5 Å². The van der Waals surface area contributed by atoms with Crippen LogP contribution in [0.1, 0.15) is 24.4 Å². The fraction of sp³-hybridized carbons (Fsp3) is 0.375. The van der Waals surface area contributed by atoms with Gasteiger partial charge in [0.25, 0.3) is 16.0 Å². The highest BCUT2D eigenvalue weighted by Gasteiger charge is 2.39. The van der Waals surface area contributed by atoms with Crippen molar-refractivity contribution in [2.24, 2.45) is 5.10 Å². The number of nitrogens with one attached hydrogen (secondary N) is 1. The van der Waals surface area contributed by atoms with Gasteiger partial charge >= 0.3 is 6.03 Å². The lowest BCUT2D eigenvalue weighted by Crippen LogP contribution is -2.58. The number of benzene rings is 2. The van der Waals surface area contributed by atoms with Gasteiger partial charge in [0.05, 0.1) is 37.7 Å². The van der Waals surface area contributed by atoms with Crippen LogP contribution >= 0.6 is 0 Å². The van der Waals surface area contributed by atoms with Gasteiger partial charge in [-0.15, -0.1) is 0 Å². The summed E-state index contributed by atoms with van der Waals surface area (Å²) in [4.78, 5) is 26.7. The Bertz CT molecular complexity index is 1430. The zero-order valence-corrected chi connectivity index (χ0v) is 21.3. The van der Waals surface area contributed by atoms with Gasteiger partial charge in [0, 0.05) is 37.3 Å². The number of urea groups is 1. The first-order valence-corrected chi connectivity index (χ1v) is 13.7. The number of anilines is 1. The van der Waals surface area contributed by atoms with Gasteiger partial charge in [-0.1, -0.05) is 0 Å². The molecular formula is C24H23F3N4O7S. The van der Waals surface area contributed by atoms with Crippen molar-refractivity contribution >= 4 is 34.0 Å². The van der Waals surface area contributed by atoms with Crippen LogP contribution in [-0.4, -0.2) is 74.6 Å². The van der Waals surface area contributed by atoms with E-state index in [1.807, 2.05) is 0 Å². The van der Waals surface area contributed by atoms with Crippen molar-refractivity contribution in [2.45, 2.75) is 31.1 Å². The van der Waals surface area contributed by atoms with Crippen molar-refractivity contribution in [1.29, 1.82) is 0 Å². The molecule has 3 aliphatic heterocycles. The molecule has 39 heavy (non-hydrogen) atoms. The summed E-state index contributed by atoms with van der Waals surface area (Å²) in [7, 11) is -3.68. The minimum absolute atomic E-state index is 0.0425. The van der Waals surface area contributed by atoms with E-state index in [0.29, 0.717) is 6.42 Å². The van der Waals surface area contributed by atoms with Crippen LogP contribution in [0.3, 0.4) is 0 Å². The summed E-state index contributed by atoms with van der Waals surface area (Å²) in [6.45, 7) is -0.0663. The number of carbonyl (C=O) groups is 2. The lowest BCUT2D eigenvalue weighted by atomic mass is 10.0. The Labute approximate surface area is 221 Å². The molecule has 0 aliphatic carbocycles. The van der Waals surface area contributed by atoms with E-state index < -0.39 is 57.8 Å². The van der Waals surface area contributed by atoms with Crippen LogP contribution in [0.25, 0.3) is 0 Å². The summed E-state index contributed by atoms with van der Waals surface area (Å²) in [5.74, 6) is -2.96. The number of likely N-dealkylation sites (tertiary alicyclic amines) is 1. The zero-order chi connectivity index (χ0) is 27.9. The monoisotopic (exact) mass is 568 g/mol. The molecule has 15 heteroatoms. The summed E-state index contributed by atoms with van der Waals surface area (Å²) in [6, 6.07) is 4.19. The van der Waals surface area contributed by atoms with Crippen molar-refractivity contribution in [3.63, 3.8) is 0 Å². The van der Waals surface area contributed by atoms with Crippen LogP contribution in [0.2, 0.25) is 0 Å². The molecule has 0 bridgehead atoms. The first-order chi connectivity index (χ1) is 18.5. The molecule has 1 unspecified atom stereocenters. The Morgan fingerprint density at radius 3 is 2.56 bits per heavy atom. The van der Waals surface area contributed by atoms with Crippen LogP contribution in [-0.2, 0) is 19.1 Å². The summed E-state index contributed by atoms with van der Waals surface area (Å²) >= 11 is 0. The Hall–Kier alpha value is -3.85. The van der Waals surface area contributed by atoms with Gasteiger partial charge in [0.2, 0.25) is 0 Å². The SMILES string of the molecule is CS(=O)(=O)OCCC1Oc2cc(F)c(OC3CN(C(=O)N4N=CC[C@H]4c4cc(F)cc(F)c4)C3)cc2NC1=O. The maximum absolute atomic E-state index is 14.7. The summed E-state index contributed by atoms with van der Waals surface area (Å²) < 4.78 is 80.1. The fourth-order valence-electron chi connectivity index (χ4n) is 4.37. The Kier molecular flexibility index (Phi) is 7.11. The van der Waals surface area contributed by atoms with Gasteiger partial charge in [-0.3, -0.25) is 8.98 Å². The third-order valence-electron chi connectivity index (χ3n) is 6.24. The van der Waals surface area contributed by atoms with E-state index in [1.54, 1.807) is 0 Å². The highest BCUT2D eigenvalue weighted by Crippen LogP contribution is 2.37. The minimum atomic E-state index is -3.68. The number of amides is 3. The normalized spacial score (nSPS) is 20.8. The number of fused-ring (bicyclic) bond motifs is 1. The van der Waals surface area contributed by atoms with Crippen LogP contribution in [0.4, 0.5) is 23.7 Å². The molecule has 5 rings (SSSR count). The number of carbonyl (C=O) groups excluding carboxylic acids is 2. The van der Waals surface area contributed by atoms with Gasteiger partial charge < -0.3 is 19.7 Å². The van der Waals surface area contributed by atoms with Crippen molar-refractivity contribution in [1.82, 2.24) is 9.91 Å². The summed E-state index contributed by atoms with van der Waals surface area (Å²) in [5, 5.41) is 7.77. The molecular weight excluding hydrogens is 545 g/mol. The predicted molar refractivity (Wildman–Crippen MR) is 130 cm³/mol. The molecule has 11 nitrogen and oxygen atoms in total. The molecule has 3 heterocycles. The molecule has 0 saturated carbocycles. The van der Waals surface area contributed by atoms with E-state index in [4.69, 9.17) is 9.47 Å². The van der Waals surface area contributed by atoms with Crippen molar-refractivity contribution in [3.8, 4) is 11.5 Å². The molecule has 1 N–H and O–H groups in total. The second kappa shape index (κ2) is 10.4. The standard InChI is InChI=1S/C24H23F3N4O7S/c1-39(34,35)36-5-3-20-23(32)29-18-10-21(17(27)9-22(18)38-20)37-16-11-30(12-16)24(33)31-19(2-4-28-31)13-6-14(25)8-15(26)7-13/h4,6-10,16,19-20H,2-3,5,11-12H2,1H3,(H,29,32)/t19-,20?/m0/s1. The minimum Gasteiger partial charge on any atom is -0.484 e. The number of ether oxygens (including phenoxy) is 2. The van der Waals surface area contributed by atoms with Crippen LogP contribution < -0.4 is 14.8 Å². The summed E-state index contributed by atoms with van der Waals surface area (Å²) in [5.41, 5.74) is 0.442. The quantitative estimate of drug-likeness (QED) is 0.509. The van der Waals surface area contributed by atoms with Gasteiger partial charge in [-0.2, -0.15) is 13.5 Å². The van der Waals surface area contributed by atoms with Crippen LogP contribution in [0.15, 0.2) is 35.4 Å². The largest absolute Gasteiger partial charge is 0.484 e. The van der Waals surface area contributed by atoms with Crippen molar-refractivity contribution < 1.29 is 44.8 Å². The average molecular weight is 569 g/mol. The van der Waals surface area contributed by atoms with Crippen LogP contribution in [0.5, 0.6) is 11.5 Å². The topological polar surface area (TPSA) is 127 Å². The third-order valence-corrected chi connectivity index (χ3v) is 6.83. The van der Waals surface area contributed by atoms with Crippen molar-refractivity contribution in [2.75, 3.05) is 31.3 Å². The smallest absolute Gasteiger partial charge is 0.341 e. The molecule has 0 radical (unpaired) electrons. The number of rotatable bonds is 7. The highest BCUT2D eigenvalue weighted by molar-refractivity contribution is 7.85. The van der Waals surface area contributed by atoms with E-state index in [2.05, 4.69) is 14.6 Å². The first-order valence-electron chi connectivity index (χ1n) is 11.9. The molecule has 0 spiro atoms. The lowest BCUT2D eigenvalue weighted by Gasteiger charge is -2.41. The number of halogens is 3. The maximum atomic E-state index is 14.7. The Morgan fingerprint density at radius 1 is 1.15 bits per heavy atom. The molecule has 1 saturated heterocycles. The second-order valence-corrected chi connectivity index (χ2v) is 10.9. The average Bonchev–Trinajstić information content (AvgIpc) is 3.30. The lowest BCUT2D eigenvalue weighted by molar-refractivity contribution is -0.124. The van der Waals surface area contributed by atoms with Gasteiger partial charge in [0.15, 0.2) is 17.7 Å². The van der Waals surface area contributed by atoms with E-state index in [-0.39, 0.29) is 48.9 Å². The molecule has 0 aromatic heterocycles.